The molecule has 0 aliphatic carbocycles. The first-order valence-corrected chi connectivity index (χ1v) is 14.0. The summed E-state index contributed by atoms with van der Waals surface area (Å²) in [7, 11) is 1.29. The maximum atomic E-state index is 13.5. The van der Waals surface area contributed by atoms with Crippen LogP contribution >= 0.6 is 22.7 Å². The van der Waals surface area contributed by atoms with E-state index in [9.17, 15) is 9.59 Å². The van der Waals surface area contributed by atoms with Crippen LogP contribution in [0.1, 0.15) is 48.2 Å². The van der Waals surface area contributed by atoms with E-state index in [1.807, 2.05) is 53.2 Å². The summed E-state index contributed by atoms with van der Waals surface area (Å²) in [4.78, 5) is 31.6. The molecule has 2 aromatic carbocycles. The van der Waals surface area contributed by atoms with Gasteiger partial charge in [0.05, 0.1) is 23.7 Å². The Morgan fingerprint density at radius 1 is 0.892 bits per heavy atom. The third-order valence-corrected chi connectivity index (χ3v) is 7.99. The van der Waals surface area contributed by atoms with Gasteiger partial charge in [0.1, 0.15) is 11.0 Å². The summed E-state index contributed by atoms with van der Waals surface area (Å²) in [5.41, 5.74) is 4.10. The van der Waals surface area contributed by atoms with Crippen LogP contribution in [0, 0.1) is 0 Å². The lowest BCUT2D eigenvalue weighted by Gasteiger charge is -2.23. The summed E-state index contributed by atoms with van der Waals surface area (Å²) in [6.07, 6.45) is 0.272. The smallest absolute Gasteiger partial charge is 0.407 e. The Hall–Kier alpha value is -3.49. The average molecular weight is 534 g/mol. The number of thiophene rings is 1. The van der Waals surface area contributed by atoms with E-state index >= 15 is 0 Å². The Morgan fingerprint density at radius 2 is 1.62 bits per heavy atom. The largest absolute Gasteiger partial charge is 0.453 e. The molecule has 0 aliphatic rings. The number of carbonyl (C=O) groups is 2. The number of carbonyl (C=O) groups excluding carboxylic acids is 2. The molecule has 0 spiro atoms. The Kier molecular flexibility index (Phi) is 9.09. The Labute approximate surface area is 225 Å². The minimum Gasteiger partial charge on any atom is -0.453 e. The molecule has 2 amide bonds. The lowest BCUT2D eigenvalue weighted by atomic mass is 9.98. The fourth-order valence-corrected chi connectivity index (χ4v) is 5.68. The van der Waals surface area contributed by atoms with Crippen LogP contribution in [0.15, 0.2) is 77.5 Å². The molecule has 192 valence electrons. The van der Waals surface area contributed by atoms with Crippen molar-refractivity contribution in [2.75, 3.05) is 7.11 Å². The Balaban J connectivity index is 1.59. The van der Waals surface area contributed by atoms with Crippen LogP contribution in [-0.2, 0) is 22.4 Å². The van der Waals surface area contributed by atoms with Crippen LogP contribution in [0.2, 0.25) is 0 Å². The van der Waals surface area contributed by atoms with E-state index in [2.05, 4.69) is 48.7 Å². The highest BCUT2D eigenvalue weighted by atomic mass is 32.1. The lowest BCUT2D eigenvalue weighted by Crippen LogP contribution is -2.49. The van der Waals surface area contributed by atoms with E-state index in [0.29, 0.717) is 18.8 Å². The summed E-state index contributed by atoms with van der Waals surface area (Å²) >= 11 is 3.20. The number of methoxy groups -OCH3 is 1. The molecule has 2 N–H and O–H groups in total. The maximum absolute atomic E-state index is 13.5. The fourth-order valence-electron chi connectivity index (χ4n) is 4.00. The van der Waals surface area contributed by atoms with Crippen LogP contribution in [-0.4, -0.2) is 30.1 Å². The second-order valence-corrected chi connectivity index (χ2v) is 10.9. The average Bonchev–Trinajstić information content (AvgIpc) is 3.61. The molecule has 8 heteroatoms. The minimum absolute atomic E-state index is 0.288. The van der Waals surface area contributed by atoms with Gasteiger partial charge in [-0.15, -0.1) is 22.7 Å². The summed E-state index contributed by atoms with van der Waals surface area (Å²) in [5, 5.41) is 10.8. The summed E-state index contributed by atoms with van der Waals surface area (Å²) in [6.45, 7) is 4.33. The van der Waals surface area contributed by atoms with Crippen molar-refractivity contribution in [1.82, 2.24) is 15.6 Å². The van der Waals surface area contributed by atoms with Gasteiger partial charge < -0.3 is 15.4 Å². The standard InChI is InChI=1S/C29H31N3O3S2/c1-19(2)22-13-11-21(12-14-22)16-23(25-18-37-28(31-25)26-10-7-15-36-26)30-27(33)24(32-29(34)35-3)17-20-8-5-4-6-9-20/h4-15,18-19,23-24H,16-17H2,1-3H3,(H,30,33)(H,32,34)/t23-,24-/m0/s1. The zero-order valence-electron chi connectivity index (χ0n) is 21.1. The van der Waals surface area contributed by atoms with Crippen molar-refractivity contribution in [3.63, 3.8) is 0 Å². The quantitative estimate of drug-likeness (QED) is 0.248. The molecule has 2 heterocycles. The van der Waals surface area contributed by atoms with E-state index in [1.165, 1.54) is 12.7 Å². The van der Waals surface area contributed by atoms with E-state index in [0.717, 1.165) is 26.7 Å². The first kappa shape index (κ1) is 26.6. The fraction of sp³-hybridized carbons (Fsp3) is 0.276. The molecule has 0 radical (unpaired) electrons. The molecule has 4 aromatic rings. The van der Waals surface area contributed by atoms with Crippen molar-refractivity contribution in [2.24, 2.45) is 0 Å². The van der Waals surface area contributed by atoms with Crippen LogP contribution in [0.3, 0.4) is 0 Å². The normalized spacial score (nSPS) is 12.6. The van der Waals surface area contributed by atoms with Gasteiger partial charge in [-0.25, -0.2) is 9.78 Å². The zero-order chi connectivity index (χ0) is 26.2. The number of ether oxygens (including phenoxy) is 1. The predicted octanol–water partition coefficient (Wildman–Crippen LogP) is 6.36. The molecular weight excluding hydrogens is 502 g/mol. The van der Waals surface area contributed by atoms with Crippen molar-refractivity contribution in [2.45, 2.75) is 44.7 Å². The SMILES string of the molecule is COC(=O)N[C@@H](Cc1ccccc1)C(=O)N[C@@H](Cc1ccc(C(C)C)cc1)c1csc(-c2cccs2)n1. The topological polar surface area (TPSA) is 80.3 Å². The van der Waals surface area contributed by atoms with Gasteiger partial charge in [-0.1, -0.05) is 74.5 Å². The third kappa shape index (κ3) is 7.27. The molecule has 2 atom stereocenters. The van der Waals surface area contributed by atoms with Gasteiger partial charge in [0.25, 0.3) is 0 Å². The number of amides is 2. The van der Waals surface area contributed by atoms with Gasteiger partial charge in [0.15, 0.2) is 0 Å². The molecule has 2 aromatic heterocycles. The minimum atomic E-state index is -0.795. The van der Waals surface area contributed by atoms with Gasteiger partial charge in [-0.3, -0.25) is 4.79 Å². The third-order valence-electron chi connectivity index (χ3n) is 6.09. The van der Waals surface area contributed by atoms with Crippen molar-refractivity contribution in [3.8, 4) is 9.88 Å². The molecule has 0 aliphatic heterocycles. The van der Waals surface area contributed by atoms with Crippen molar-refractivity contribution in [3.05, 3.63) is 99.9 Å². The first-order valence-electron chi connectivity index (χ1n) is 12.2. The number of nitrogens with zero attached hydrogens (tertiary/aromatic N) is 1. The van der Waals surface area contributed by atoms with E-state index in [-0.39, 0.29) is 11.9 Å². The summed E-state index contributed by atoms with van der Waals surface area (Å²) < 4.78 is 4.79. The number of benzene rings is 2. The van der Waals surface area contributed by atoms with Crippen molar-refractivity contribution >= 4 is 34.7 Å². The predicted molar refractivity (Wildman–Crippen MR) is 150 cm³/mol. The van der Waals surface area contributed by atoms with Crippen molar-refractivity contribution in [1.29, 1.82) is 0 Å². The van der Waals surface area contributed by atoms with Crippen LogP contribution in [0.5, 0.6) is 0 Å². The molecule has 0 unspecified atom stereocenters. The number of alkyl carbamates (subject to hydrolysis) is 1. The highest BCUT2D eigenvalue weighted by molar-refractivity contribution is 7.20. The van der Waals surface area contributed by atoms with Gasteiger partial charge in [0.2, 0.25) is 5.91 Å². The van der Waals surface area contributed by atoms with Crippen LogP contribution < -0.4 is 10.6 Å². The second kappa shape index (κ2) is 12.7. The number of rotatable bonds is 10. The summed E-state index contributed by atoms with van der Waals surface area (Å²) in [6, 6.07) is 21.0. The number of aromatic nitrogens is 1. The van der Waals surface area contributed by atoms with Crippen molar-refractivity contribution < 1.29 is 14.3 Å². The first-order chi connectivity index (χ1) is 17.9. The monoisotopic (exact) mass is 533 g/mol. The van der Waals surface area contributed by atoms with Gasteiger partial charge in [-0.2, -0.15) is 0 Å². The number of thiazole rings is 1. The highest BCUT2D eigenvalue weighted by Crippen LogP contribution is 2.31. The molecule has 0 bridgehead atoms. The number of nitrogens with one attached hydrogen (secondary N) is 2. The Morgan fingerprint density at radius 3 is 2.27 bits per heavy atom. The van der Waals surface area contributed by atoms with Crippen LogP contribution in [0.4, 0.5) is 4.79 Å². The molecule has 0 saturated heterocycles. The Bertz CT molecular complexity index is 1290. The highest BCUT2D eigenvalue weighted by Gasteiger charge is 2.26. The molecule has 4 rings (SSSR count). The molecular formula is C29H31N3O3S2. The molecule has 0 fully saturated rings. The lowest BCUT2D eigenvalue weighted by molar-refractivity contribution is -0.123. The molecule has 6 nitrogen and oxygen atoms in total. The van der Waals surface area contributed by atoms with E-state index in [1.54, 1.807) is 22.7 Å². The van der Waals surface area contributed by atoms with Gasteiger partial charge >= 0.3 is 6.09 Å². The number of hydrogen-bond acceptors (Lipinski definition) is 6. The van der Waals surface area contributed by atoms with Gasteiger partial charge in [0, 0.05) is 11.8 Å². The molecule has 37 heavy (non-hydrogen) atoms. The van der Waals surface area contributed by atoms with Gasteiger partial charge in [-0.05, 0) is 40.5 Å². The number of hydrogen-bond donors (Lipinski definition) is 2. The maximum Gasteiger partial charge on any atom is 0.407 e. The van der Waals surface area contributed by atoms with Crippen LogP contribution in [0.25, 0.3) is 9.88 Å². The zero-order valence-corrected chi connectivity index (χ0v) is 22.8. The van der Waals surface area contributed by atoms with E-state index in [4.69, 9.17) is 9.72 Å². The molecule has 0 saturated carbocycles. The summed E-state index contributed by atoms with van der Waals surface area (Å²) in [5.74, 6) is 0.156. The van der Waals surface area contributed by atoms with E-state index < -0.39 is 12.1 Å². The second-order valence-electron chi connectivity index (χ2n) is 9.09.